The number of rotatable bonds is 5. The molecule has 0 bridgehead atoms. The Hall–Kier alpha value is -1.39. The minimum atomic E-state index is 0.00347. The van der Waals surface area contributed by atoms with Gasteiger partial charge in [0.05, 0.1) is 12.1 Å². The van der Waals surface area contributed by atoms with Gasteiger partial charge in [0.25, 0.3) is 0 Å². The molecule has 0 aromatic heterocycles. The molecule has 2 aliphatic rings. The highest BCUT2D eigenvalue weighted by Gasteiger charge is 2.26. The summed E-state index contributed by atoms with van der Waals surface area (Å²) in [6.45, 7) is 3.95. The van der Waals surface area contributed by atoms with Crippen molar-refractivity contribution >= 4 is 5.91 Å². The van der Waals surface area contributed by atoms with E-state index in [1.165, 1.54) is 24.8 Å². The van der Waals surface area contributed by atoms with E-state index in [2.05, 4.69) is 45.9 Å². The number of piperidine rings is 1. The standard InChI is InChI=1S/C18H27N3O/c22-18(16-10-4-5-11-19-16)20-14-17(21-12-6-7-13-21)15-8-2-1-3-9-15/h1-3,8-9,16-17,19H,4-7,10-14H2,(H,20,22). The van der Waals surface area contributed by atoms with Gasteiger partial charge in [-0.25, -0.2) is 0 Å². The molecule has 2 heterocycles. The summed E-state index contributed by atoms with van der Waals surface area (Å²) in [5, 5.41) is 6.51. The number of carbonyl (C=O) groups is 1. The predicted molar refractivity (Wildman–Crippen MR) is 88.6 cm³/mol. The number of hydrogen-bond acceptors (Lipinski definition) is 3. The van der Waals surface area contributed by atoms with E-state index in [9.17, 15) is 4.79 Å². The van der Waals surface area contributed by atoms with Gasteiger partial charge in [-0.15, -0.1) is 0 Å². The molecule has 0 saturated carbocycles. The zero-order valence-corrected chi connectivity index (χ0v) is 13.3. The van der Waals surface area contributed by atoms with Crippen molar-refractivity contribution in [3.63, 3.8) is 0 Å². The molecule has 1 aromatic rings. The summed E-state index contributed by atoms with van der Waals surface area (Å²) >= 11 is 0. The van der Waals surface area contributed by atoms with Crippen molar-refractivity contribution in [1.29, 1.82) is 0 Å². The molecule has 0 radical (unpaired) electrons. The lowest BCUT2D eigenvalue weighted by molar-refractivity contribution is -0.123. The molecule has 2 N–H and O–H groups in total. The minimum Gasteiger partial charge on any atom is -0.353 e. The molecule has 1 aromatic carbocycles. The summed E-state index contributed by atoms with van der Waals surface area (Å²) < 4.78 is 0. The summed E-state index contributed by atoms with van der Waals surface area (Å²) in [7, 11) is 0. The Labute approximate surface area is 133 Å². The van der Waals surface area contributed by atoms with E-state index in [0.717, 1.165) is 32.5 Å². The maximum Gasteiger partial charge on any atom is 0.237 e. The van der Waals surface area contributed by atoms with Crippen LogP contribution in [0.25, 0.3) is 0 Å². The van der Waals surface area contributed by atoms with E-state index < -0.39 is 0 Å². The van der Waals surface area contributed by atoms with E-state index in [1.807, 2.05) is 0 Å². The van der Waals surface area contributed by atoms with Crippen molar-refractivity contribution in [2.75, 3.05) is 26.2 Å². The summed E-state index contributed by atoms with van der Waals surface area (Å²) in [5.41, 5.74) is 1.31. The molecular weight excluding hydrogens is 274 g/mol. The van der Waals surface area contributed by atoms with Gasteiger partial charge >= 0.3 is 0 Å². The van der Waals surface area contributed by atoms with Crippen molar-refractivity contribution in [1.82, 2.24) is 15.5 Å². The van der Waals surface area contributed by atoms with Crippen molar-refractivity contribution in [2.45, 2.75) is 44.2 Å². The average Bonchev–Trinajstić information content (AvgIpc) is 3.11. The maximum atomic E-state index is 12.4. The van der Waals surface area contributed by atoms with Crippen LogP contribution in [0, 0.1) is 0 Å². The first-order valence-corrected chi connectivity index (χ1v) is 8.65. The van der Waals surface area contributed by atoms with Crippen molar-refractivity contribution < 1.29 is 4.79 Å². The van der Waals surface area contributed by atoms with Gasteiger partial charge in [0.15, 0.2) is 0 Å². The molecule has 2 saturated heterocycles. The Morgan fingerprint density at radius 3 is 2.64 bits per heavy atom. The summed E-state index contributed by atoms with van der Waals surface area (Å²) in [6.07, 6.45) is 5.83. The number of hydrogen-bond donors (Lipinski definition) is 2. The van der Waals surface area contributed by atoms with Crippen molar-refractivity contribution in [2.24, 2.45) is 0 Å². The normalized spacial score (nSPS) is 24.1. The Bertz CT molecular complexity index is 464. The number of amides is 1. The zero-order chi connectivity index (χ0) is 15.2. The van der Waals surface area contributed by atoms with Crippen LogP contribution < -0.4 is 10.6 Å². The first kappa shape index (κ1) is 15.5. The molecular formula is C18H27N3O. The molecule has 0 spiro atoms. The number of nitrogens with one attached hydrogen (secondary N) is 2. The summed E-state index contributed by atoms with van der Waals surface area (Å²) in [6, 6.07) is 10.9. The van der Waals surface area contributed by atoms with Crippen LogP contribution in [0.4, 0.5) is 0 Å². The molecule has 2 atom stereocenters. The molecule has 2 aliphatic heterocycles. The number of likely N-dealkylation sites (tertiary alicyclic amines) is 1. The Morgan fingerprint density at radius 1 is 1.18 bits per heavy atom. The molecule has 1 amide bonds. The second-order valence-corrected chi connectivity index (χ2v) is 6.42. The fourth-order valence-electron chi connectivity index (χ4n) is 3.58. The van der Waals surface area contributed by atoms with Gasteiger partial charge in [-0.2, -0.15) is 0 Å². The first-order valence-electron chi connectivity index (χ1n) is 8.65. The second-order valence-electron chi connectivity index (χ2n) is 6.42. The van der Waals surface area contributed by atoms with E-state index in [0.29, 0.717) is 12.6 Å². The lowest BCUT2D eigenvalue weighted by atomic mass is 10.0. The van der Waals surface area contributed by atoms with Crippen LogP contribution in [0.5, 0.6) is 0 Å². The molecule has 4 heteroatoms. The molecule has 2 fully saturated rings. The van der Waals surface area contributed by atoms with Gasteiger partial charge in [0, 0.05) is 6.54 Å². The molecule has 120 valence electrons. The fourth-order valence-corrected chi connectivity index (χ4v) is 3.58. The number of carbonyl (C=O) groups excluding carboxylic acids is 1. The van der Waals surface area contributed by atoms with Crippen molar-refractivity contribution in [3.8, 4) is 0 Å². The molecule has 2 unspecified atom stereocenters. The molecule has 3 rings (SSSR count). The highest BCUT2D eigenvalue weighted by molar-refractivity contribution is 5.81. The number of benzene rings is 1. The molecule has 4 nitrogen and oxygen atoms in total. The zero-order valence-electron chi connectivity index (χ0n) is 13.3. The van der Waals surface area contributed by atoms with Crippen LogP contribution >= 0.6 is 0 Å². The van der Waals surface area contributed by atoms with Crippen LogP contribution in [0.15, 0.2) is 30.3 Å². The van der Waals surface area contributed by atoms with Gasteiger partial charge in [-0.05, 0) is 50.9 Å². The van der Waals surface area contributed by atoms with Crippen molar-refractivity contribution in [3.05, 3.63) is 35.9 Å². The van der Waals surface area contributed by atoms with Crippen LogP contribution in [-0.4, -0.2) is 43.0 Å². The Morgan fingerprint density at radius 2 is 1.95 bits per heavy atom. The van der Waals surface area contributed by atoms with Crippen LogP contribution in [-0.2, 0) is 4.79 Å². The first-order chi connectivity index (χ1) is 10.8. The summed E-state index contributed by atoms with van der Waals surface area (Å²) in [4.78, 5) is 14.9. The van der Waals surface area contributed by atoms with E-state index in [-0.39, 0.29) is 11.9 Å². The van der Waals surface area contributed by atoms with Gasteiger partial charge in [-0.3, -0.25) is 9.69 Å². The quantitative estimate of drug-likeness (QED) is 0.875. The lowest BCUT2D eigenvalue weighted by Gasteiger charge is -2.29. The SMILES string of the molecule is O=C(NCC(c1ccccc1)N1CCCC1)C1CCCCN1. The molecule has 0 aliphatic carbocycles. The van der Waals surface area contributed by atoms with Crippen LogP contribution in [0.3, 0.4) is 0 Å². The predicted octanol–water partition coefficient (Wildman–Crippen LogP) is 2.08. The lowest BCUT2D eigenvalue weighted by Crippen LogP contribution is -2.48. The highest BCUT2D eigenvalue weighted by atomic mass is 16.2. The monoisotopic (exact) mass is 301 g/mol. The van der Waals surface area contributed by atoms with Gasteiger partial charge in [0.2, 0.25) is 5.91 Å². The summed E-state index contributed by atoms with van der Waals surface area (Å²) in [5.74, 6) is 0.167. The van der Waals surface area contributed by atoms with E-state index >= 15 is 0 Å². The maximum absolute atomic E-state index is 12.4. The smallest absolute Gasteiger partial charge is 0.237 e. The van der Waals surface area contributed by atoms with Gasteiger partial charge in [0.1, 0.15) is 0 Å². The van der Waals surface area contributed by atoms with E-state index in [4.69, 9.17) is 0 Å². The Balaban J connectivity index is 1.61. The third-order valence-corrected chi connectivity index (χ3v) is 4.86. The second kappa shape index (κ2) is 7.75. The van der Waals surface area contributed by atoms with Gasteiger partial charge in [-0.1, -0.05) is 36.8 Å². The highest BCUT2D eigenvalue weighted by Crippen LogP contribution is 2.24. The fraction of sp³-hybridized carbons (Fsp3) is 0.611. The van der Waals surface area contributed by atoms with E-state index in [1.54, 1.807) is 0 Å². The third kappa shape index (κ3) is 3.87. The Kier molecular flexibility index (Phi) is 5.46. The molecule has 22 heavy (non-hydrogen) atoms. The average molecular weight is 301 g/mol. The minimum absolute atomic E-state index is 0.00347. The van der Waals surface area contributed by atoms with Crippen LogP contribution in [0.2, 0.25) is 0 Å². The topological polar surface area (TPSA) is 44.4 Å². The van der Waals surface area contributed by atoms with Gasteiger partial charge < -0.3 is 10.6 Å². The largest absolute Gasteiger partial charge is 0.353 e. The number of nitrogens with zero attached hydrogens (tertiary/aromatic N) is 1. The van der Waals surface area contributed by atoms with Crippen LogP contribution in [0.1, 0.15) is 43.7 Å². The third-order valence-electron chi connectivity index (χ3n) is 4.86.